The lowest BCUT2D eigenvalue weighted by Gasteiger charge is -2.28. The number of aryl methyl sites for hydroxylation is 1. The summed E-state index contributed by atoms with van der Waals surface area (Å²) in [6, 6.07) is -0.310. The number of carbonyl (C=O) groups excluding carboxylic acids is 1. The SMILES string of the molecule is CCC(C)C(N)C(=O)NC1CCc2nnc(C(C)C)n2C1. The molecular weight excluding hydrogens is 266 g/mol. The van der Waals surface area contributed by atoms with Crippen molar-refractivity contribution in [2.75, 3.05) is 0 Å². The summed E-state index contributed by atoms with van der Waals surface area (Å²) in [6.45, 7) is 9.03. The van der Waals surface area contributed by atoms with E-state index in [4.69, 9.17) is 5.73 Å². The summed E-state index contributed by atoms with van der Waals surface area (Å²) in [5.41, 5.74) is 6.00. The van der Waals surface area contributed by atoms with Crippen LogP contribution in [0.1, 0.15) is 58.1 Å². The van der Waals surface area contributed by atoms with Crippen LogP contribution in [0.3, 0.4) is 0 Å². The van der Waals surface area contributed by atoms with Gasteiger partial charge in [-0.1, -0.05) is 34.1 Å². The number of amides is 1. The molecule has 21 heavy (non-hydrogen) atoms. The second-order valence-corrected chi connectivity index (χ2v) is 6.40. The molecule has 0 spiro atoms. The maximum atomic E-state index is 12.2. The molecular formula is C15H27N5O. The molecule has 0 saturated carbocycles. The third kappa shape index (κ3) is 3.43. The summed E-state index contributed by atoms with van der Waals surface area (Å²) >= 11 is 0. The van der Waals surface area contributed by atoms with Crippen molar-refractivity contribution >= 4 is 5.91 Å². The van der Waals surface area contributed by atoms with Gasteiger partial charge >= 0.3 is 0 Å². The van der Waals surface area contributed by atoms with Gasteiger partial charge in [0.1, 0.15) is 11.6 Å². The van der Waals surface area contributed by atoms with Crippen LogP contribution < -0.4 is 11.1 Å². The number of rotatable bonds is 5. The summed E-state index contributed by atoms with van der Waals surface area (Å²) in [5, 5.41) is 11.6. The van der Waals surface area contributed by atoms with Crippen LogP contribution in [0.2, 0.25) is 0 Å². The number of aromatic nitrogens is 3. The van der Waals surface area contributed by atoms with Gasteiger partial charge in [-0.15, -0.1) is 10.2 Å². The minimum absolute atomic E-state index is 0.0445. The summed E-state index contributed by atoms with van der Waals surface area (Å²) in [7, 11) is 0. The van der Waals surface area contributed by atoms with Crippen molar-refractivity contribution in [1.29, 1.82) is 0 Å². The molecule has 1 amide bonds. The number of fused-ring (bicyclic) bond motifs is 1. The van der Waals surface area contributed by atoms with Crippen molar-refractivity contribution in [1.82, 2.24) is 20.1 Å². The van der Waals surface area contributed by atoms with E-state index in [1.807, 2.05) is 6.92 Å². The third-order valence-electron chi connectivity index (χ3n) is 4.40. The first-order chi connectivity index (χ1) is 9.93. The predicted octanol–water partition coefficient (Wildman–Crippen LogP) is 1.21. The zero-order chi connectivity index (χ0) is 15.6. The number of nitrogens with two attached hydrogens (primary N) is 1. The molecule has 0 fully saturated rings. The van der Waals surface area contributed by atoms with E-state index in [0.29, 0.717) is 5.92 Å². The van der Waals surface area contributed by atoms with Crippen molar-refractivity contribution in [3.8, 4) is 0 Å². The van der Waals surface area contributed by atoms with Gasteiger partial charge in [0.25, 0.3) is 0 Å². The molecule has 1 aromatic rings. The number of hydrogen-bond acceptors (Lipinski definition) is 4. The first-order valence-electron chi connectivity index (χ1n) is 7.91. The second-order valence-electron chi connectivity index (χ2n) is 6.40. The molecule has 0 bridgehead atoms. The molecule has 2 heterocycles. The van der Waals surface area contributed by atoms with E-state index in [1.54, 1.807) is 0 Å². The van der Waals surface area contributed by atoms with E-state index in [9.17, 15) is 4.79 Å². The van der Waals surface area contributed by atoms with Crippen molar-refractivity contribution in [3.05, 3.63) is 11.6 Å². The topological polar surface area (TPSA) is 85.8 Å². The van der Waals surface area contributed by atoms with Gasteiger partial charge in [0.2, 0.25) is 5.91 Å². The lowest BCUT2D eigenvalue weighted by atomic mass is 9.98. The zero-order valence-corrected chi connectivity index (χ0v) is 13.5. The Morgan fingerprint density at radius 1 is 1.43 bits per heavy atom. The highest BCUT2D eigenvalue weighted by Crippen LogP contribution is 2.20. The van der Waals surface area contributed by atoms with E-state index in [2.05, 4.69) is 40.9 Å². The normalized spacial score (nSPS) is 21.0. The van der Waals surface area contributed by atoms with E-state index in [-0.39, 0.29) is 17.9 Å². The number of nitrogens with one attached hydrogen (secondary N) is 1. The lowest BCUT2D eigenvalue weighted by Crippen LogP contribution is -2.50. The van der Waals surface area contributed by atoms with Gasteiger partial charge in [0, 0.05) is 24.9 Å². The Hall–Kier alpha value is -1.43. The highest BCUT2D eigenvalue weighted by Gasteiger charge is 2.27. The van der Waals surface area contributed by atoms with Crippen LogP contribution in [0, 0.1) is 5.92 Å². The fourth-order valence-corrected chi connectivity index (χ4v) is 2.70. The summed E-state index contributed by atoms with van der Waals surface area (Å²) in [6.07, 6.45) is 2.66. The average molecular weight is 293 g/mol. The molecule has 1 aliphatic heterocycles. The highest BCUT2D eigenvalue weighted by atomic mass is 16.2. The van der Waals surface area contributed by atoms with E-state index in [0.717, 1.165) is 37.5 Å². The standard InChI is InChI=1S/C15H27N5O/c1-5-10(4)13(16)15(21)17-11-6-7-12-18-19-14(9(2)3)20(12)8-11/h9-11,13H,5-8,16H2,1-4H3,(H,17,21). The summed E-state index contributed by atoms with van der Waals surface area (Å²) < 4.78 is 2.15. The molecule has 0 saturated heterocycles. The molecule has 6 heteroatoms. The number of nitrogens with zero attached hydrogens (tertiary/aromatic N) is 3. The van der Waals surface area contributed by atoms with Crippen LogP contribution >= 0.6 is 0 Å². The van der Waals surface area contributed by atoms with Crippen molar-refractivity contribution in [2.45, 2.75) is 71.5 Å². The van der Waals surface area contributed by atoms with Gasteiger partial charge in [-0.25, -0.2) is 0 Å². The van der Waals surface area contributed by atoms with E-state index in [1.165, 1.54) is 0 Å². The molecule has 1 aliphatic rings. The Bertz CT molecular complexity index is 496. The van der Waals surface area contributed by atoms with E-state index >= 15 is 0 Å². The smallest absolute Gasteiger partial charge is 0.237 e. The zero-order valence-electron chi connectivity index (χ0n) is 13.5. The van der Waals surface area contributed by atoms with Crippen LogP contribution in [-0.4, -0.2) is 32.8 Å². The third-order valence-corrected chi connectivity index (χ3v) is 4.40. The predicted molar refractivity (Wildman–Crippen MR) is 81.8 cm³/mol. The Balaban J connectivity index is 2.01. The minimum Gasteiger partial charge on any atom is -0.350 e. The highest BCUT2D eigenvalue weighted by molar-refractivity contribution is 5.82. The molecule has 0 radical (unpaired) electrons. The van der Waals surface area contributed by atoms with Gasteiger partial charge in [0.15, 0.2) is 0 Å². The molecule has 3 unspecified atom stereocenters. The first-order valence-corrected chi connectivity index (χ1v) is 7.91. The maximum Gasteiger partial charge on any atom is 0.237 e. The molecule has 0 aliphatic carbocycles. The largest absolute Gasteiger partial charge is 0.350 e. The van der Waals surface area contributed by atoms with Crippen LogP contribution in [0.4, 0.5) is 0 Å². The van der Waals surface area contributed by atoms with Gasteiger partial charge in [-0.3, -0.25) is 4.79 Å². The van der Waals surface area contributed by atoms with Gasteiger partial charge in [-0.05, 0) is 12.3 Å². The Morgan fingerprint density at radius 2 is 2.14 bits per heavy atom. The molecule has 2 rings (SSSR count). The van der Waals surface area contributed by atoms with Gasteiger partial charge in [-0.2, -0.15) is 0 Å². The van der Waals surface area contributed by atoms with Gasteiger partial charge < -0.3 is 15.6 Å². The summed E-state index contributed by atoms with van der Waals surface area (Å²) in [4.78, 5) is 12.2. The minimum atomic E-state index is -0.429. The van der Waals surface area contributed by atoms with Crippen molar-refractivity contribution < 1.29 is 4.79 Å². The fraction of sp³-hybridized carbons (Fsp3) is 0.800. The van der Waals surface area contributed by atoms with Gasteiger partial charge in [0.05, 0.1) is 6.04 Å². The molecule has 118 valence electrons. The summed E-state index contributed by atoms with van der Waals surface area (Å²) in [5.74, 6) is 2.51. The van der Waals surface area contributed by atoms with E-state index < -0.39 is 6.04 Å². The van der Waals surface area contributed by atoms with Crippen LogP contribution in [-0.2, 0) is 17.8 Å². The van der Waals surface area contributed by atoms with Crippen LogP contribution in [0.5, 0.6) is 0 Å². The quantitative estimate of drug-likeness (QED) is 0.854. The molecule has 1 aromatic heterocycles. The average Bonchev–Trinajstić information content (AvgIpc) is 2.88. The Labute approximate surface area is 126 Å². The number of hydrogen-bond donors (Lipinski definition) is 2. The van der Waals surface area contributed by atoms with Crippen molar-refractivity contribution in [2.24, 2.45) is 11.7 Å². The van der Waals surface area contributed by atoms with Crippen molar-refractivity contribution in [3.63, 3.8) is 0 Å². The molecule has 0 aromatic carbocycles. The van der Waals surface area contributed by atoms with Crippen LogP contribution in [0.15, 0.2) is 0 Å². The Kier molecular flexibility index (Phi) is 4.98. The monoisotopic (exact) mass is 293 g/mol. The molecule has 6 nitrogen and oxygen atoms in total. The number of carbonyl (C=O) groups is 1. The maximum absolute atomic E-state index is 12.2. The molecule has 3 N–H and O–H groups in total. The Morgan fingerprint density at radius 3 is 2.76 bits per heavy atom. The lowest BCUT2D eigenvalue weighted by molar-refractivity contribution is -0.124. The van der Waals surface area contributed by atoms with Crippen LogP contribution in [0.25, 0.3) is 0 Å². The molecule has 3 atom stereocenters. The first kappa shape index (κ1) is 15.9. The second kappa shape index (κ2) is 6.56. The fourth-order valence-electron chi connectivity index (χ4n) is 2.70.